The van der Waals surface area contributed by atoms with E-state index in [2.05, 4.69) is 0 Å². The first-order valence-corrected chi connectivity index (χ1v) is 6.80. The summed E-state index contributed by atoms with van der Waals surface area (Å²) < 4.78 is 22.6. The minimum Gasteiger partial charge on any atom is -0.207 e. The molecule has 0 atom stereocenters. The van der Waals surface area contributed by atoms with Gasteiger partial charge in [0.1, 0.15) is 0 Å². The van der Waals surface area contributed by atoms with Gasteiger partial charge >= 0.3 is 0 Å². The quantitative estimate of drug-likeness (QED) is 0.737. The first kappa shape index (κ1) is 10.7. The second kappa shape index (κ2) is 3.67. The predicted molar refractivity (Wildman–Crippen MR) is 62.0 cm³/mol. The van der Waals surface area contributed by atoms with Gasteiger partial charge in [0, 0.05) is 21.1 Å². The Kier molecular flexibility index (Phi) is 2.63. The standard InChI is InChI=1S/C10H6Cl2O2S/c11-8-5-4-7-2-1-3-10(9(7)6-8)15(12,13)14/h1-6H. The Bertz CT molecular complexity index is 620. The van der Waals surface area contributed by atoms with Gasteiger partial charge in [0.15, 0.2) is 0 Å². The first-order chi connectivity index (χ1) is 6.98. The molecule has 15 heavy (non-hydrogen) atoms. The molecule has 0 heterocycles. The number of halogens is 2. The minimum absolute atomic E-state index is 0.0872. The molecule has 0 radical (unpaired) electrons. The fourth-order valence-electron chi connectivity index (χ4n) is 1.43. The van der Waals surface area contributed by atoms with Crippen LogP contribution in [-0.4, -0.2) is 8.42 Å². The van der Waals surface area contributed by atoms with Crippen molar-refractivity contribution in [2.45, 2.75) is 4.90 Å². The van der Waals surface area contributed by atoms with E-state index in [0.29, 0.717) is 10.4 Å². The third-order valence-electron chi connectivity index (χ3n) is 2.07. The Labute approximate surface area is 96.8 Å². The summed E-state index contributed by atoms with van der Waals surface area (Å²) in [6.45, 7) is 0. The van der Waals surface area contributed by atoms with Crippen LogP contribution in [0, 0.1) is 0 Å². The highest BCUT2D eigenvalue weighted by Crippen LogP contribution is 2.27. The summed E-state index contributed by atoms with van der Waals surface area (Å²) in [5.41, 5.74) is 0. The fourth-order valence-corrected chi connectivity index (χ4v) is 2.69. The lowest BCUT2D eigenvalue weighted by atomic mass is 10.1. The molecule has 0 aromatic heterocycles. The summed E-state index contributed by atoms with van der Waals surface area (Å²) in [7, 11) is 1.59. The average Bonchev–Trinajstić information content (AvgIpc) is 2.15. The maximum absolute atomic E-state index is 11.3. The molecule has 2 aromatic rings. The van der Waals surface area contributed by atoms with Crippen molar-refractivity contribution in [1.29, 1.82) is 0 Å². The van der Waals surface area contributed by atoms with E-state index in [-0.39, 0.29) is 4.90 Å². The normalized spacial score (nSPS) is 11.9. The van der Waals surface area contributed by atoms with E-state index in [9.17, 15) is 8.42 Å². The molecule has 2 nitrogen and oxygen atoms in total. The maximum Gasteiger partial charge on any atom is 0.261 e. The second-order valence-electron chi connectivity index (χ2n) is 3.06. The van der Waals surface area contributed by atoms with Crippen molar-refractivity contribution >= 4 is 42.1 Å². The Morgan fingerprint density at radius 3 is 2.47 bits per heavy atom. The highest BCUT2D eigenvalue weighted by molar-refractivity contribution is 8.14. The van der Waals surface area contributed by atoms with E-state index in [1.165, 1.54) is 6.07 Å². The van der Waals surface area contributed by atoms with Crippen molar-refractivity contribution in [2.75, 3.05) is 0 Å². The van der Waals surface area contributed by atoms with Gasteiger partial charge in [-0.2, -0.15) is 0 Å². The first-order valence-electron chi connectivity index (χ1n) is 4.11. The smallest absolute Gasteiger partial charge is 0.207 e. The van der Waals surface area contributed by atoms with E-state index < -0.39 is 9.05 Å². The van der Waals surface area contributed by atoms with Gasteiger partial charge in [-0.15, -0.1) is 0 Å². The zero-order valence-electron chi connectivity index (χ0n) is 7.44. The number of hydrogen-bond donors (Lipinski definition) is 0. The lowest BCUT2D eigenvalue weighted by molar-refractivity contribution is 0.610. The van der Waals surface area contributed by atoms with Crippen LogP contribution in [0.3, 0.4) is 0 Å². The van der Waals surface area contributed by atoms with E-state index in [0.717, 1.165) is 5.39 Å². The largest absolute Gasteiger partial charge is 0.261 e. The molecule has 0 saturated carbocycles. The molecule has 0 aliphatic carbocycles. The lowest BCUT2D eigenvalue weighted by Gasteiger charge is -2.03. The van der Waals surface area contributed by atoms with Gasteiger partial charge in [0.25, 0.3) is 9.05 Å². The SMILES string of the molecule is O=S(=O)(Cl)c1cccc2ccc(Cl)cc12. The number of benzene rings is 2. The van der Waals surface area contributed by atoms with Gasteiger partial charge in [0.2, 0.25) is 0 Å². The van der Waals surface area contributed by atoms with Crippen LogP contribution in [0.25, 0.3) is 10.8 Å². The van der Waals surface area contributed by atoms with Crippen LogP contribution in [0.15, 0.2) is 41.3 Å². The Hall–Kier alpha value is -0.770. The maximum atomic E-state index is 11.3. The lowest BCUT2D eigenvalue weighted by Crippen LogP contribution is -1.91. The number of fused-ring (bicyclic) bond motifs is 1. The minimum atomic E-state index is -3.73. The van der Waals surface area contributed by atoms with Gasteiger partial charge < -0.3 is 0 Å². The highest BCUT2D eigenvalue weighted by atomic mass is 35.7. The molecule has 0 aliphatic heterocycles. The van der Waals surface area contributed by atoms with E-state index >= 15 is 0 Å². The summed E-state index contributed by atoms with van der Waals surface area (Å²) in [4.78, 5) is 0.0872. The van der Waals surface area contributed by atoms with Crippen molar-refractivity contribution in [1.82, 2.24) is 0 Å². The third-order valence-corrected chi connectivity index (χ3v) is 3.68. The molecule has 0 fully saturated rings. The molecule has 5 heteroatoms. The molecule has 0 bridgehead atoms. The zero-order valence-corrected chi connectivity index (χ0v) is 9.77. The highest BCUT2D eigenvalue weighted by Gasteiger charge is 2.13. The van der Waals surface area contributed by atoms with Crippen molar-refractivity contribution in [2.24, 2.45) is 0 Å². The molecule has 78 valence electrons. The van der Waals surface area contributed by atoms with Crippen molar-refractivity contribution in [3.8, 4) is 0 Å². The van der Waals surface area contributed by atoms with Gasteiger partial charge in [-0.25, -0.2) is 8.42 Å². The Morgan fingerprint density at radius 1 is 1.07 bits per heavy atom. The van der Waals surface area contributed by atoms with Crippen molar-refractivity contribution < 1.29 is 8.42 Å². The van der Waals surface area contributed by atoms with Gasteiger partial charge in [-0.1, -0.05) is 29.8 Å². The Balaban J connectivity index is 2.92. The topological polar surface area (TPSA) is 34.1 Å². The van der Waals surface area contributed by atoms with Gasteiger partial charge in [-0.3, -0.25) is 0 Å². The predicted octanol–water partition coefficient (Wildman–Crippen LogP) is 3.42. The molecule has 0 spiro atoms. The second-order valence-corrected chi connectivity index (χ2v) is 6.03. The number of hydrogen-bond acceptors (Lipinski definition) is 2. The molecule has 0 unspecified atom stereocenters. The summed E-state index contributed by atoms with van der Waals surface area (Å²) in [5, 5.41) is 1.82. The monoisotopic (exact) mass is 260 g/mol. The number of rotatable bonds is 1. The van der Waals surface area contributed by atoms with Gasteiger partial charge in [0.05, 0.1) is 4.90 Å². The van der Waals surface area contributed by atoms with Gasteiger partial charge in [-0.05, 0) is 23.6 Å². The average molecular weight is 261 g/mol. The van der Waals surface area contributed by atoms with E-state index in [1.54, 1.807) is 30.3 Å². The fraction of sp³-hybridized carbons (Fsp3) is 0. The van der Waals surface area contributed by atoms with Crippen molar-refractivity contribution in [3.05, 3.63) is 41.4 Å². The molecule has 2 rings (SSSR count). The van der Waals surface area contributed by atoms with Crippen LogP contribution in [-0.2, 0) is 9.05 Å². The third kappa shape index (κ3) is 2.09. The van der Waals surface area contributed by atoms with Crippen LogP contribution in [0.2, 0.25) is 5.02 Å². The van der Waals surface area contributed by atoms with E-state index in [1.807, 2.05) is 0 Å². The van der Waals surface area contributed by atoms with Crippen LogP contribution < -0.4 is 0 Å². The molecule has 2 aromatic carbocycles. The van der Waals surface area contributed by atoms with Crippen LogP contribution >= 0.6 is 22.3 Å². The van der Waals surface area contributed by atoms with Crippen LogP contribution in [0.1, 0.15) is 0 Å². The van der Waals surface area contributed by atoms with Crippen LogP contribution in [0.4, 0.5) is 0 Å². The Morgan fingerprint density at radius 2 is 1.80 bits per heavy atom. The molecule has 0 aliphatic rings. The van der Waals surface area contributed by atoms with Crippen LogP contribution in [0.5, 0.6) is 0 Å². The summed E-state index contributed by atoms with van der Waals surface area (Å²) in [6.07, 6.45) is 0. The molecular formula is C10H6Cl2O2S. The van der Waals surface area contributed by atoms with E-state index in [4.69, 9.17) is 22.3 Å². The molecule has 0 amide bonds. The zero-order chi connectivity index (χ0) is 11.1. The molecule has 0 saturated heterocycles. The molecule has 0 N–H and O–H groups in total. The summed E-state index contributed by atoms with van der Waals surface area (Å²) in [5.74, 6) is 0. The summed E-state index contributed by atoms with van der Waals surface area (Å²) >= 11 is 5.80. The van der Waals surface area contributed by atoms with Crippen molar-refractivity contribution in [3.63, 3.8) is 0 Å². The molecular weight excluding hydrogens is 255 g/mol. The summed E-state index contributed by atoms with van der Waals surface area (Å²) in [6, 6.07) is 9.95.